The number of amides is 2. The van der Waals surface area contributed by atoms with E-state index in [4.69, 9.17) is 55.9 Å². The Morgan fingerprint density at radius 1 is 0.845 bits per heavy atom. The number of likely N-dealkylation sites (N-methyl/N-ethyl adjacent to an activating group) is 2. The molecule has 4 N–H and O–H groups in total. The molecule has 3 aliphatic heterocycles. The minimum absolute atomic E-state index is 0.0154. The van der Waals surface area contributed by atoms with Crippen LogP contribution in [0.1, 0.15) is 38.7 Å². The maximum Gasteiger partial charge on any atom is 0.343 e. The van der Waals surface area contributed by atoms with E-state index < -0.39 is 11.9 Å². The first kappa shape index (κ1) is 65.6. The van der Waals surface area contributed by atoms with Crippen molar-refractivity contribution in [3.8, 4) is 22.5 Å². The van der Waals surface area contributed by atoms with E-state index in [0.29, 0.717) is 155 Å². The van der Waals surface area contributed by atoms with E-state index in [0.717, 1.165) is 68.4 Å². The van der Waals surface area contributed by atoms with Gasteiger partial charge in [-0.2, -0.15) is 0 Å². The summed E-state index contributed by atoms with van der Waals surface area (Å²) in [5.74, 6) is -0.0578. The number of rotatable bonds is 30. The fraction of sp³-hybridized carbons (Fsp3) is 0.593. The predicted octanol–water partition coefficient (Wildman–Crippen LogP) is 3.84. The number of imidazole rings is 1. The fourth-order valence-corrected chi connectivity index (χ4v) is 10.5. The Hall–Kier alpha value is -5.90. The number of nitrogens with one attached hydrogen (secondary N) is 2. The second-order valence-electron chi connectivity index (χ2n) is 21.7. The standard InChI is InChI=1S/C59H87ClFN13O10/c1-7-69-18-19-71(42-55(78)84-68(6)83-54(77)41-69)21-20-70(39-43(2)3)17-16-67(5)40-52(75)63-13-27-80-29-31-82-33-32-81-30-28-79-26-12-53(76)72-22-24-74(25-23-72)59-56(58-65-50-9-8-46(60)37-51(50)66-58)57(73-14-10-48(62)11-15-73)49(38-64-59)45-34-44(4)35-47(61)36-45/h8-9,34-38,48H,2,7,10-33,39-42,62H2,1,3-6H3,(H,63,75)(H,65,66). The van der Waals surface area contributed by atoms with Gasteiger partial charge < -0.3 is 59.4 Å². The molecule has 0 atom stereocenters. The van der Waals surface area contributed by atoms with Crippen LogP contribution in [-0.4, -0.2) is 259 Å². The van der Waals surface area contributed by atoms with E-state index in [-0.39, 0.29) is 56.3 Å². The Bertz CT molecular complexity index is 2760. The molecule has 0 unspecified atom stereocenters. The Morgan fingerprint density at radius 2 is 1.50 bits per heavy atom. The van der Waals surface area contributed by atoms with Crippen LogP contribution < -0.4 is 20.9 Å². The van der Waals surface area contributed by atoms with Crippen molar-refractivity contribution in [2.45, 2.75) is 46.1 Å². The van der Waals surface area contributed by atoms with E-state index in [1.165, 1.54) is 13.1 Å². The van der Waals surface area contributed by atoms with Gasteiger partial charge in [-0.25, -0.2) is 23.9 Å². The largest absolute Gasteiger partial charge is 0.379 e. The van der Waals surface area contributed by atoms with Gasteiger partial charge in [0, 0.05) is 120 Å². The number of carbonyl (C=O) groups excluding carboxylic acids is 4. The van der Waals surface area contributed by atoms with Gasteiger partial charge in [-0.15, -0.1) is 0 Å². The molecule has 4 aromatic rings. The highest BCUT2D eigenvalue weighted by atomic mass is 35.5. The smallest absolute Gasteiger partial charge is 0.343 e. The van der Waals surface area contributed by atoms with Crippen molar-refractivity contribution in [1.82, 2.24) is 50.0 Å². The second kappa shape index (κ2) is 33.7. The summed E-state index contributed by atoms with van der Waals surface area (Å²) < 4.78 is 37.7. The summed E-state index contributed by atoms with van der Waals surface area (Å²) in [6.45, 7) is 22.1. The van der Waals surface area contributed by atoms with Gasteiger partial charge in [-0.1, -0.05) is 36.7 Å². The molecule has 0 bridgehead atoms. The van der Waals surface area contributed by atoms with Crippen LogP contribution in [0, 0.1) is 12.7 Å². The lowest BCUT2D eigenvalue weighted by Crippen LogP contribution is -2.49. The van der Waals surface area contributed by atoms with Gasteiger partial charge in [-0.05, 0) is 81.7 Å². The van der Waals surface area contributed by atoms with E-state index in [1.807, 2.05) is 77.9 Å². The van der Waals surface area contributed by atoms with Gasteiger partial charge in [-0.3, -0.25) is 29.2 Å². The third-order valence-electron chi connectivity index (χ3n) is 14.8. The Kier molecular flexibility index (Phi) is 26.3. The highest BCUT2D eigenvalue weighted by Crippen LogP contribution is 2.45. The molecule has 462 valence electrons. The van der Waals surface area contributed by atoms with E-state index in [9.17, 15) is 19.2 Å². The predicted molar refractivity (Wildman–Crippen MR) is 321 cm³/mol. The summed E-state index contributed by atoms with van der Waals surface area (Å²) in [7, 11) is 3.28. The zero-order valence-electron chi connectivity index (χ0n) is 49.7. The number of aromatic nitrogens is 3. The summed E-state index contributed by atoms with van der Waals surface area (Å²) in [5, 5.41) is 4.31. The SMILES string of the molecule is C=C(C)CN(CCN(C)CC(=O)NCCOCCOCCOCCOCCC(=O)N1CCN(c2ncc(-c3cc(C)cc(F)c3)c(N3CCC(N)CC3)c2-c2nc3ccc(Cl)cc3[nH]2)CC1)CCN1CCN(CC)CC(=O)ON(C)OC(=O)C1. The first-order valence-corrected chi connectivity index (χ1v) is 29.6. The molecule has 0 radical (unpaired) electrons. The lowest BCUT2D eigenvalue weighted by atomic mass is 9.96. The fourth-order valence-electron chi connectivity index (χ4n) is 10.4. The summed E-state index contributed by atoms with van der Waals surface area (Å²) >= 11 is 6.42. The number of carbonyl (C=O) groups is 4. The van der Waals surface area contributed by atoms with Gasteiger partial charge in [0.05, 0.1) is 108 Å². The number of benzene rings is 2. The number of hydroxylamine groups is 2. The first-order chi connectivity index (χ1) is 40.5. The van der Waals surface area contributed by atoms with Crippen LogP contribution in [-0.2, 0) is 47.8 Å². The van der Waals surface area contributed by atoms with Crippen LogP contribution >= 0.6 is 11.6 Å². The number of piperazine rings is 1. The third kappa shape index (κ3) is 21.0. The van der Waals surface area contributed by atoms with Crippen molar-refractivity contribution >= 4 is 57.9 Å². The molecule has 0 aliphatic carbocycles. The Labute approximate surface area is 498 Å². The number of nitrogens with zero attached hydrogens (tertiary/aromatic N) is 10. The molecule has 2 aromatic heterocycles. The highest BCUT2D eigenvalue weighted by Gasteiger charge is 2.32. The van der Waals surface area contributed by atoms with Crippen LogP contribution in [0.15, 0.2) is 54.7 Å². The van der Waals surface area contributed by atoms with Crippen molar-refractivity contribution < 1.29 is 52.2 Å². The number of hydrogen-bond acceptors (Lipinski definition) is 20. The summed E-state index contributed by atoms with van der Waals surface area (Å²) in [6.07, 6.45) is 3.70. The van der Waals surface area contributed by atoms with Crippen LogP contribution in [0.5, 0.6) is 0 Å². The Morgan fingerprint density at radius 3 is 2.17 bits per heavy atom. The zero-order chi connectivity index (χ0) is 60.0. The molecule has 84 heavy (non-hydrogen) atoms. The van der Waals surface area contributed by atoms with Gasteiger partial charge in [0.25, 0.3) is 0 Å². The maximum absolute atomic E-state index is 15.0. The lowest BCUT2D eigenvalue weighted by molar-refractivity contribution is -0.311. The van der Waals surface area contributed by atoms with E-state index in [2.05, 4.69) is 31.6 Å². The first-order valence-electron chi connectivity index (χ1n) is 29.2. The van der Waals surface area contributed by atoms with Gasteiger partial charge in [0.1, 0.15) is 17.5 Å². The average molecular weight is 1190 g/mol. The van der Waals surface area contributed by atoms with Crippen LogP contribution in [0.4, 0.5) is 15.9 Å². The molecule has 0 spiro atoms. The average Bonchev–Trinajstić information content (AvgIpc) is 1.47. The number of anilines is 2. The second-order valence-corrected chi connectivity index (χ2v) is 22.1. The van der Waals surface area contributed by atoms with Crippen molar-refractivity contribution in [3.63, 3.8) is 0 Å². The number of aromatic amines is 1. The molecule has 5 heterocycles. The van der Waals surface area contributed by atoms with Crippen molar-refractivity contribution in [3.05, 3.63) is 71.2 Å². The number of fused-ring (bicyclic) bond motifs is 1. The topological polar surface area (TPSA) is 229 Å². The molecular weight excluding hydrogens is 1110 g/mol. The molecule has 25 heteroatoms. The third-order valence-corrected chi connectivity index (χ3v) is 15.0. The molecule has 3 aliphatic rings. The molecule has 3 fully saturated rings. The van der Waals surface area contributed by atoms with Gasteiger partial charge in [0.15, 0.2) is 0 Å². The lowest BCUT2D eigenvalue weighted by Gasteiger charge is -2.39. The molecule has 23 nitrogen and oxygen atoms in total. The number of hydrogen-bond donors (Lipinski definition) is 3. The van der Waals surface area contributed by atoms with E-state index >= 15 is 4.39 Å². The monoisotopic (exact) mass is 1190 g/mol. The number of halogens is 2. The van der Waals surface area contributed by atoms with Crippen LogP contribution in [0.25, 0.3) is 33.5 Å². The molecule has 0 saturated carbocycles. The molecule has 3 saturated heterocycles. The molecule has 2 aromatic carbocycles. The molecule has 7 rings (SSSR count). The normalized spacial score (nSPS) is 16.6. The molecule has 2 amide bonds. The highest BCUT2D eigenvalue weighted by molar-refractivity contribution is 6.31. The summed E-state index contributed by atoms with van der Waals surface area (Å²) in [6, 6.07) is 10.7. The van der Waals surface area contributed by atoms with Crippen LogP contribution in [0.2, 0.25) is 5.02 Å². The Balaban J connectivity index is 0.744. The minimum atomic E-state index is -0.517. The van der Waals surface area contributed by atoms with Gasteiger partial charge >= 0.3 is 11.9 Å². The maximum atomic E-state index is 15.0. The van der Waals surface area contributed by atoms with Crippen molar-refractivity contribution in [2.75, 3.05) is 195 Å². The molecular formula is C59H87ClFN13O10. The number of aryl methyl sites for hydroxylation is 1. The number of pyridine rings is 1. The summed E-state index contributed by atoms with van der Waals surface area (Å²) in [4.78, 5) is 89.4. The minimum Gasteiger partial charge on any atom is -0.379 e. The van der Waals surface area contributed by atoms with Crippen molar-refractivity contribution in [2.24, 2.45) is 5.73 Å². The number of H-pyrrole nitrogens is 1. The number of piperidine rings is 1. The van der Waals surface area contributed by atoms with Crippen LogP contribution in [0.3, 0.4) is 0 Å². The summed E-state index contributed by atoms with van der Waals surface area (Å²) in [5.41, 5.74) is 13.0. The zero-order valence-corrected chi connectivity index (χ0v) is 50.5. The number of ether oxygens (including phenoxy) is 4. The van der Waals surface area contributed by atoms with Crippen molar-refractivity contribution in [1.29, 1.82) is 0 Å². The quantitative estimate of drug-likeness (QED) is 0.0498. The van der Waals surface area contributed by atoms with E-state index in [1.54, 1.807) is 6.07 Å². The number of nitrogens with two attached hydrogens (primary N) is 1. The van der Waals surface area contributed by atoms with Gasteiger partial charge in [0.2, 0.25) is 11.8 Å².